The van der Waals surface area contributed by atoms with Crippen LogP contribution in [-0.4, -0.2) is 15.5 Å². The lowest BCUT2D eigenvalue weighted by atomic mass is 10.0. The van der Waals surface area contributed by atoms with Crippen LogP contribution in [-0.2, 0) is 18.4 Å². The van der Waals surface area contributed by atoms with Crippen LogP contribution in [0.4, 0.5) is 0 Å². The number of carbonyl (C=O) groups excluding carboxylic acids is 1. The summed E-state index contributed by atoms with van der Waals surface area (Å²) in [6, 6.07) is 6.17. The minimum atomic E-state index is 0.121. The number of aromatic nitrogens is 2. The molecule has 0 fully saturated rings. The quantitative estimate of drug-likeness (QED) is 0.910. The molecule has 0 aliphatic rings. The van der Waals surface area contributed by atoms with Gasteiger partial charge in [0.05, 0.1) is 11.0 Å². The van der Waals surface area contributed by atoms with Crippen molar-refractivity contribution >= 4 is 16.9 Å². The number of hydrogen-bond acceptors (Lipinski definition) is 2. The smallest absolute Gasteiger partial charge is 0.223 e. The molecule has 0 unspecified atom stereocenters. The first-order valence-electron chi connectivity index (χ1n) is 7.26. The van der Waals surface area contributed by atoms with Gasteiger partial charge in [-0.1, -0.05) is 19.9 Å². The molecular formula is C16H23N3O. The van der Waals surface area contributed by atoms with Crippen LogP contribution in [0.3, 0.4) is 0 Å². The van der Waals surface area contributed by atoms with E-state index in [1.807, 2.05) is 14.0 Å². The van der Waals surface area contributed by atoms with Gasteiger partial charge in [-0.05, 0) is 37.5 Å². The maximum atomic E-state index is 12.0. The normalized spacial score (nSPS) is 11.2. The van der Waals surface area contributed by atoms with Crippen LogP contribution >= 0.6 is 0 Å². The molecule has 1 heterocycles. The van der Waals surface area contributed by atoms with Crippen LogP contribution in [0.25, 0.3) is 11.0 Å². The molecule has 0 atom stereocenters. The second kappa shape index (κ2) is 6.07. The lowest BCUT2D eigenvalue weighted by Crippen LogP contribution is -2.29. The van der Waals surface area contributed by atoms with Gasteiger partial charge in [0, 0.05) is 19.5 Å². The molecule has 20 heavy (non-hydrogen) atoms. The molecule has 0 aliphatic heterocycles. The largest absolute Gasteiger partial charge is 0.352 e. The fourth-order valence-electron chi connectivity index (χ4n) is 2.47. The van der Waals surface area contributed by atoms with Crippen molar-refractivity contribution in [1.29, 1.82) is 0 Å². The molecule has 108 valence electrons. The molecule has 2 aromatic rings. The molecule has 4 nitrogen and oxygen atoms in total. The first-order valence-corrected chi connectivity index (χ1v) is 7.26. The van der Waals surface area contributed by atoms with Gasteiger partial charge in [-0.25, -0.2) is 4.98 Å². The van der Waals surface area contributed by atoms with E-state index in [4.69, 9.17) is 0 Å². The van der Waals surface area contributed by atoms with E-state index in [9.17, 15) is 4.79 Å². The topological polar surface area (TPSA) is 46.9 Å². The Bertz CT molecular complexity index is 611. The van der Waals surface area contributed by atoms with Crippen LogP contribution in [0, 0.1) is 12.8 Å². The van der Waals surface area contributed by atoms with Crippen molar-refractivity contribution in [3.63, 3.8) is 0 Å². The maximum absolute atomic E-state index is 12.0. The van der Waals surface area contributed by atoms with Crippen LogP contribution < -0.4 is 5.32 Å². The summed E-state index contributed by atoms with van der Waals surface area (Å²) in [7, 11) is 2.01. The van der Waals surface area contributed by atoms with E-state index >= 15 is 0 Å². The van der Waals surface area contributed by atoms with Crippen LogP contribution in [0.2, 0.25) is 0 Å². The van der Waals surface area contributed by atoms with Crippen LogP contribution in [0.1, 0.15) is 38.1 Å². The maximum Gasteiger partial charge on any atom is 0.223 e. The van der Waals surface area contributed by atoms with Gasteiger partial charge in [-0.15, -0.1) is 0 Å². The van der Waals surface area contributed by atoms with E-state index in [2.05, 4.69) is 46.9 Å². The van der Waals surface area contributed by atoms with Gasteiger partial charge in [-0.3, -0.25) is 4.79 Å². The van der Waals surface area contributed by atoms with Crippen LogP contribution in [0.5, 0.6) is 0 Å². The average Bonchev–Trinajstić information content (AvgIpc) is 2.73. The zero-order valence-electron chi connectivity index (χ0n) is 12.7. The molecule has 4 heteroatoms. The summed E-state index contributed by atoms with van der Waals surface area (Å²) >= 11 is 0. The number of aryl methyl sites for hydroxylation is 2. The Hall–Kier alpha value is -1.84. The van der Waals surface area contributed by atoms with E-state index in [-0.39, 0.29) is 11.8 Å². The zero-order chi connectivity index (χ0) is 14.7. The van der Waals surface area contributed by atoms with Gasteiger partial charge >= 0.3 is 0 Å². The number of imidazole rings is 1. The monoisotopic (exact) mass is 273 g/mol. The molecule has 0 saturated heterocycles. The second-order valence-electron chi connectivity index (χ2n) is 5.27. The number of benzene rings is 1. The summed E-state index contributed by atoms with van der Waals surface area (Å²) in [6.07, 6.45) is 1.78. The molecular weight excluding hydrogens is 250 g/mol. The number of fused-ring (bicyclic) bond motifs is 1. The molecule has 1 amide bonds. The Kier molecular flexibility index (Phi) is 4.42. The van der Waals surface area contributed by atoms with Gasteiger partial charge in [0.25, 0.3) is 0 Å². The summed E-state index contributed by atoms with van der Waals surface area (Å²) in [5, 5.41) is 3.01. The zero-order valence-corrected chi connectivity index (χ0v) is 12.7. The Balaban J connectivity index is 2.09. The minimum absolute atomic E-state index is 0.121. The number of carbonyl (C=O) groups is 1. The highest BCUT2D eigenvalue weighted by Crippen LogP contribution is 2.16. The van der Waals surface area contributed by atoms with E-state index in [1.54, 1.807) is 0 Å². The number of rotatable bonds is 5. The van der Waals surface area contributed by atoms with Gasteiger partial charge in [0.2, 0.25) is 5.91 Å². The van der Waals surface area contributed by atoms with Crippen molar-refractivity contribution < 1.29 is 4.79 Å². The highest BCUT2D eigenvalue weighted by Gasteiger charge is 2.13. The SMILES string of the molecule is CCC(CC)C(=O)NCc1ccc2c(c1)nc(C)n2C. The summed E-state index contributed by atoms with van der Waals surface area (Å²) in [5.74, 6) is 1.27. The molecule has 1 aromatic carbocycles. The minimum Gasteiger partial charge on any atom is -0.352 e. The molecule has 0 bridgehead atoms. The van der Waals surface area contributed by atoms with Crippen molar-refractivity contribution in [2.75, 3.05) is 0 Å². The lowest BCUT2D eigenvalue weighted by Gasteiger charge is -2.12. The third-order valence-corrected chi connectivity index (χ3v) is 3.99. The number of nitrogens with one attached hydrogen (secondary N) is 1. The van der Waals surface area contributed by atoms with Gasteiger partial charge < -0.3 is 9.88 Å². The van der Waals surface area contributed by atoms with Crippen molar-refractivity contribution in [3.05, 3.63) is 29.6 Å². The van der Waals surface area contributed by atoms with Crippen molar-refractivity contribution in [3.8, 4) is 0 Å². The second-order valence-corrected chi connectivity index (χ2v) is 5.27. The van der Waals surface area contributed by atoms with Crippen molar-refractivity contribution in [1.82, 2.24) is 14.9 Å². The molecule has 1 N–H and O–H groups in total. The number of nitrogens with zero attached hydrogens (tertiary/aromatic N) is 2. The average molecular weight is 273 g/mol. The van der Waals surface area contributed by atoms with Gasteiger partial charge in [0.1, 0.15) is 5.82 Å². The Morgan fingerprint density at radius 3 is 2.70 bits per heavy atom. The molecule has 0 aliphatic carbocycles. The summed E-state index contributed by atoms with van der Waals surface area (Å²) in [5.41, 5.74) is 3.20. The summed E-state index contributed by atoms with van der Waals surface area (Å²) < 4.78 is 2.07. The van der Waals surface area contributed by atoms with E-state index in [0.29, 0.717) is 6.54 Å². The molecule has 0 radical (unpaired) electrons. The van der Waals surface area contributed by atoms with E-state index in [0.717, 1.165) is 35.3 Å². The molecule has 1 aromatic heterocycles. The number of amides is 1. The van der Waals surface area contributed by atoms with Crippen molar-refractivity contribution in [2.45, 2.75) is 40.2 Å². The van der Waals surface area contributed by atoms with Gasteiger partial charge in [-0.2, -0.15) is 0 Å². The van der Waals surface area contributed by atoms with Crippen molar-refractivity contribution in [2.24, 2.45) is 13.0 Å². The summed E-state index contributed by atoms with van der Waals surface area (Å²) in [4.78, 5) is 16.5. The third kappa shape index (κ3) is 2.84. The third-order valence-electron chi connectivity index (χ3n) is 3.99. The molecule has 0 spiro atoms. The Labute approximate surface area is 120 Å². The highest BCUT2D eigenvalue weighted by atomic mass is 16.1. The van der Waals surface area contributed by atoms with Crippen LogP contribution in [0.15, 0.2) is 18.2 Å². The molecule has 2 rings (SSSR count). The predicted octanol–water partition coefficient (Wildman–Crippen LogP) is 2.93. The van der Waals surface area contributed by atoms with Gasteiger partial charge in [0.15, 0.2) is 0 Å². The molecule has 0 saturated carbocycles. The first-order chi connectivity index (χ1) is 9.56. The fourth-order valence-corrected chi connectivity index (χ4v) is 2.47. The highest BCUT2D eigenvalue weighted by molar-refractivity contribution is 5.79. The fraction of sp³-hybridized carbons (Fsp3) is 0.500. The van der Waals surface area contributed by atoms with E-state index < -0.39 is 0 Å². The number of hydrogen-bond donors (Lipinski definition) is 1. The predicted molar refractivity (Wildman–Crippen MR) is 81.4 cm³/mol. The Morgan fingerprint density at radius 2 is 2.05 bits per heavy atom. The summed E-state index contributed by atoms with van der Waals surface area (Å²) in [6.45, 7) is 6.67. The standard InChI is InChI=1S/C16H23N3O/c1-5-13(6-2)16(20)17-10-12-7-8-15-14(9-12)18-11(3)19(15)4/h7-9,13H,5-6,10H2,1-4H3,(H,17,20). The lowest BCUT2D eigenvalue weighted by molar-refractivity contribution is -0.125. The van der Waals surface area contributed by atoms with E-state index in [1.165, 1.54) is 0 Å². The Morgan fingerprint density at radius 1 is 1.35 bits per heavy atom. The first kappa shape index (κ1) is 14.6.